The minimum atomic E-state index is -0.528. The molecule has 0 atom stereocenters. The third-order valence-corrected chi connectivity index (χ3v) is 5.13. The number of hydrogen-bond donors (Lipinski definition) is 3. The van der Waals surface area contributed by atoms with E-state index in [1.165, 1.54) is 0 Å². The summed E-state index contributed by atoms with van der Waals surface area (Å²) in [5, 5.41) is 9.01. The average Bonchev–Trinajstić information content (AvgIpc) is 3.24. The first-order chi connectivity index (χ1) is 14.7. The Bertz CT molecular complexity index is 1250. The fourth-order valence-electron chi connectivity index (χ4n) is 3.54. The summed E-state index contributed by atoms with van der Waals surface area (Å²) in [5.41, 5.74) is 3.48. The normalized spacial score (nSPS) is 11.8. The molecule has 2 aromatic carbocycles. The van der Waals surface area contributed by atoms with Crippen LogP contribution in [0.4, 0.5) is 16.4 Å². The number of alkyl carbamates (subject to hydrolysis) is 1. The van der Waals surface area contributed by atoms with Crippen molar-refractivity contribution in [3.05, 3.63) is 53.3 Å². The lowest BCUT2D eigenvalue weighted by molar-refractivity contribution is 0.0528. The number of hydrogen-bond acceptors (Lipinski definition) is 4. The molecule has 0 radical (unpaired) electrons. The van der Waals surface area contributed by atoms with Crippen LogP contribution in [0, 0.1) is 0 Å². The Labute approximate surface area is 185 Å². The summed E-state index contributed by atoms with van der Waals surface area (Å²) in [6.45, 7) is 5.99. The smallest absolute Gasteiger partial charge is 0.407 e. The predicted molar refractivity (Wildman–Crippen MR) is 125 cm³/mol. The summed E-state index contributed by atoms with van der Waals surface area (Å²) in [7, 11) is 1.94. The lowest BCUT2D eigenvalue weighted by atomic mass is 10.0. The van der Waals surface area contributed by atoms with Crippen LogP contribution < -0.4 is 10.6 Å². The first-order valence-electron chi connectivity index (χ1n) is 10.1. The number of carbonyl (C=O) groups excluding carboxylic acids is 1. The monoisotopic (exact) mass is 439 g/mol. The van der Waals surface area contributed by atoms with Gasteiger partial charge in [-0.3, -0.25) is 0 Å². The van der Waals surface area contributed by atoms with Crippen LogP contribution >= 0.6 is 11.6 Å². The molecule has 0 aliphatic carbocycles. The van der Waals surface area contributed by atoms with Gasteiger partial charge < -0.3 is 24.9 Å². The zero-order chi connectivity index (χ0) is 22.2. The lowest BCUT2D eigenvalue weighted by Crippen LogP contribution is -2.33. The second kappa shape index (κ2) is 8.15. The van der Waals surface area contributed by atoms with Gasteiger partial charge in [0.05, 0.1) is 0 Å². The highest BCUT2D eigenvalue weighted by Crippen LogP contribution is 2.33. The Morgan fingerprint density at radius 2 is 2.03 bits per heavy atom. The standard InChI is InChI=1S/C23H26ClN5O2/c1-23(2,3)31-22(30)26-8-7-14-11-16(27-21-25-9-10-29(21)4)13-18-17-12-15(24)5-6-19(17)28-20(14)18/h5-6,9-13,28H,7-8H2,1-4H3,(H,25,27)(H,26,30). The highest BCUT2D eigenvalue weighted by Gasteiger charge is 2.16. The molecule has 0 fully saturated rings. The van der Waals surface area contributed by atoms with Gasteiger partial charge >= 0.3 is 6.09 Å². The van der Waals surface area contributed by atoms with E-state index in [0.29, 0.717) is 18.0 Å². The van der Waals surface area contributed by atoms with Crippen molar-refractivity contribution in [3.63, 3.8) is 0 Å². The molecule has 0 aliphatic rings. The maximum absolute atomic E-state index is 12.0. The zero-order valence-electron chi connectivity index (χ0n) is 18.0. The van der Waals surface area contributed by atoms with E-state index in [4.69, 9.17) is 16.3 Å². The maximum Gasteiger partial charge on any atom is 0.407 e. The van der Waals surface area contributed by atoms with Crippen molar-refractivity contribution in [1.82, 2.24) is 19.9 Å². The number of aromatic nitrogens is 3. The molecule has 31 heavy (non-hydrogen) atoms. The number of aromatic amines is 1. The molecular weight excluding hydrogens is 414 g/mol. The van der Waals surface area contributed by atoms with E-state index >= 15 is 0 Å². The van der Waals surface area contributed by atoms with Gasteiger partial charge in [0.1, 0.15) is 5.60 Å². The minimum absolute atomic E-state index is 0.422. The Morgan fingerprint density at radius 3 is 2.74 bits per heavy atom. The SMILES string of the molecule is Cn1ccnc1Nc1cc(CCNC(=O)OC(C)(C)C)c2[nH]c3ccc(Cl)cc3c2c1. The summed E-state index contributed by atoms with van der Waals surface area (Å²) >= 11 is 6.26. The summed E-state index contributed by atoms with van der Waals surface area (Å²) in [5.74, 6) is 0.745. The number of nitrogens with zero attached hydrogens (tertiary/aromatic N) is 2. The second-order valence-corrected chi connectivity index (χ2v) is 8.97. The number of halogens is 1. The van der Waals surface area contributed by atoms with Crippen molar-refractivity contribution in [1.29, 1.82) is 0 Å². The van der Waals surface area contributed by atoms with Gasteiger partial charge in [-0.2, -0.15) is 0 Å². The maximum atomic E-state index is 12.0. The molecular formula is C23H26ClN5O2. The topological polar surface area (TPSA) is 84.0 Å². The van der Waals surface area contributed by atoms with Crippen molar-refractivity contribution in [2.45, 2.75) is 32.8 Å². The molecule has 0 saturated carbocycles. The van der Waals surface area contributed by atoms with Crippen LogP contribution in [0.25, 0.3) is 21.8 Å². The number of anilines is 2. The largest absolute Gasteiger partial charge is 0.444 e. The van der Waals surface area contributed by atoms with Crippen LogP contribution in [0.5, 0.6) is 0 Å². The third-order valence-electron chi connectivity index (χ3n) is 4.89. The van der Waals surface area contributed by atoms with E-state index in [2.05, 4.69) is 32.7 Å². The quantitative estimate of drug-likeness (QED) is 0.382. The first kappa shape index (κ1) is 21.1. The van der Waals surface area contributed by atoms with Gasteiger partial charge in [0.25, 0.3) is 0 Å². The number of fused-ring (bicyclic) bond motifs is 3. The minimum Gasteiger partial charge on any atom is -0.444 e. The molecule has 1 amide bonds. The molecule has 0 bridgehead atoms. The predicted octanol–water partition coefficient (Wildman–Crippen LogP) is 5.52. The molecule has 0 spiro atoms. The number of aryl methyl sites for hydroxylation is 1. The van der Waals surface area contributed by atoms with E-state index < -0.39 is 11.7 Å². The number of ether oxygens (including phenoxy) is 1. The van der Waals surface area contributed by atoms with Crippen molar-refractivity contribution in [3.8, 4) is 0 Å². The van der Waals surface area contributed by atoms with Gasteiger partial charge in [-0.15, -0.1) is 0 Å². The highest BCUT2D eigenvalue weighted by molar-refractivity contribution is 6.31. The number of benzene rings is 2. The van der Waals surface area contributed by atoms with E-state index in [1.54, 1.807) is 6.20 Å². The van der Waals surface area contributed by atoms with Gasteiger partial charge in [0, 0.05) is 58.5 Å². The van der Waals surface area contributed by atoms with Gasteiger partial charge in [0.15, 0.2) is 0 Å². The Morgan fingerprint density at radius 1 is 1.23 bits per heavy atom. The molecule has 162 valence electrons. The lowest BCUT2D eigenvalue weighted by Gasteiger charge is -2.19. The van der Waals surface area contributed by atoms with Gasteiger partial charge in [0.2, 0.25) is 5.95 Å². The van der Waals surface area contributed by atoms with Crippen LogP contribution in [-0.4, -0.2) is 32.8 Å². The molecule has 2 aromatic heterocycles. The zero-order valence-corrected chi connectivity index (χ0v) is 18.8. The highest BCUT2D eigenvalue weighted by atomic mass is 35.5. The van der Waals surface area contributed by atoms with Crippen LogP contribution in [0.1, 0.15) is 26.3 Å². The van der Waals surface area contributed by atoms with Gasteiger partial charge in [-0.1, -0.05) is 11.6 Å². The average molecular weight is 440 g/mol. The fraction of sp³-hybridized carbons (Fsp3) is 0.304. The molecule has 4 aromatic rings. The van der Waals surface area contributed by atoms with Crippen molar-refractivity contribution in [2.75, 3.05) is 11.9 Å². The molecule has 2 heterocycles. The third kappa shape index (κ3) is 4.77. The summed E-state index contributed by atoms with van der Waals surface area (Å²) in [4.78, 5) is 19.9. The number of amides is 1. The Hall–Kier alpha value is -3.19. The van der Waals surface area contributed by atoms with E-state index in [0.717, 1.165) is 39.0 Å². The van der Waals surface area contributed by atoms with Gasteiger partial charge in [-0.25, -0.2) is 9.78 Å². The molecule has 8 heteroatoms. The fourth-order valence-corrected chi connectivity index (χ4v) is 3.72. The second-order valence-electron chi connectivity index (χ2n) is 8.54. The summed E-state index contributed by atoms with van der Waals surface area (Å²) in [6.07, 6.45) is 3.84. The number of carbonyl (C=O) groups is 1. The number of rotatable bonds is 5. The first-order valence-corrected chi connectivity index (χ1v) is 10.5. The van der Waals surface area contributed by atoms with Gasteiger partial charge in [-0.05, 0) is 63.1 Å². The summed E-state index contributed by atoms with van der Waals surface area (Å²) < 4.78 is 7.25. The van der Waals surface area contributed by atoms with Crippen LogP contribution in [0.15, 0.2) is 42.7 Å². The Balaban J connectivity index is 1.67. The molecule has 0 saturated heterocycles. The number of H-pyrrole nitrogens is 1. The summed E-state index contributed by atoms with van der Waals surface area (Å²) in [6, 6.07) is 9.97. The van der Waals surface area contributed by atoms with Crippen LogP contribution in [0.2, 0.25) is 5.02 Å². The van der Waals surface area contributed by atoms with E-state index in [9.17, 15) is 4.79 Å². The molecule has 3 N–H and O–H groups in total. The van der Waals surface area contributed by atoms with Crippen LogP contribution in [0.3, 0.4) is 0 Å². The van der Waals surface area contributed by atoms with Crippen molar-refractivity contribution in [2.24, 2.45) is 7.05 Å². The van der Waals surface area contributed by atoms with E-state index in [-0.39, 0.29) is 0 Å². The van der Waals surface area contributed by atoms with E-state index in [1.807, 2.05) is 56.8 Å². The van der Waals surface area contributed by atoms with Crippen molar-refractivity contribution >= 4 is 51.1 Å². The molecule has 0 unspecified atom stereocenters. The number of nitrogens with one attached hydrogen (secondary N) is 3. The molecule has 0 aliphatic heterocycles. The Kier molecular flexibility index (Phi) is 5.54. The van der Waals surface area contributed by atoms with Crippen LogP contribution in [-0.2, 0) is 18.2 Å². The molecule has 7 nitrogen and oxygen atoms in total. The van der Waals surface area contributed by atoms with Crippen molar-refractivity contribution < 1.29 is 9.53 Å². The number of imidazole rings is 1. The molecule has 4 rings (SSSR count).